The Labute approximate surface area is 201 Å². The molecular weight excluding hydrogens is 471 g/mol. The number of H-pyrrole nitrogens is 1. The fraction of sp³-hybridized carbons (Fsp3) is 0.167. The van der Waals surface area contributed by atoms with Gasteiger partial charge in [-0.15, -0.1) is 0 Å². The number of halogens is 1. The fourth-order valence-corrected chi connectivity index (χ4v) is 4.10. The highest BCUT2D eigenvalue weighted by Crippen LogP contribution is 2.25. The van der Waals surface area contributed by atoms with Gasteiger partial charge in [-0.1, -0.05) is 6.07 Å². The molecule has 180 valence electrons. The smallest absolute Gasteiger partial charge is 0.261 e. The van der Waals surface area contributed by atoms with Crippen LogP contribution in [0.4, 0.5) is 15.8 Å². The maximum Gasteiger partial charge on any atom is 0.261 e. The lowest BCUT2D eigenvalue weighted by molar-refractivity contribution is -0.124. The second kappa shape index (κ2) is 9.63. The van der Waals surface area contributed by atoms with Gasteiger partial charge in [-0.2, -0.15) is 5.10 Å². The predicted molar refractivity (Wildman–Crippen MR) is 131 cm³/mol. The first-order valence-electron chi connectivity index (χ1n) is 10.6. The van der Waals surface area contributed by atoms with E-state index in [1.807, 2.05) is 0 Å². The van der Waals surface area contributed by atoms with Crippen molar-refractivity contribution >= 4 is 27.3 Å². The number of hydrogen-bond acceptors (Lipinski definition) is 6. The van der Waals surface area contributed by atoms with E-state index in [2.05, 4.69) is 30.2 Å². The number of carbonyl (C=O) groups is 1. The summed E-state index contributed by atoms with van der Waals surface area (Å²) in [5.41, 5.74) is 0.872. The highest BCUT2D eigenvalue weighted by atomic mass is 32.2. The minimum Gasteiger partial charge on any atom is -0.325 e. The number of alkyl halides is 1. The van der Waals surface area contributed by atoms with Crippen molar-refractivity contribution in [2.75, 3.05) is 16.7 Å². The van der Waals surface area contributed by atoms with Gasteiger partial charge in [0.25, 0.3) is 10.0 Å². The van der Waals surface area contributed by atoms with Crippen LogP contribution in [0, 0.1) is 5.41 Å². The number of sulfonamides is 1. The average molecular weight is 495 g/mol. The van der Waals surface area contributed by atoms with Crippen LogP contribution in [0.3, 0.4) is 0 Å². The van der Waals surface area contributed by atoms with Crippen molar-refractivity contribution in [1.82, 2.24) is 20.2 Å². The Morgan fingerprint density at radius 2 is 1.69 bits per heavy atom. The van der Waals surface area contributed by atoms with Crippen LogP contribution in [0.25, 0.3) is 22.8 Å². The summed E-state index contributed by atoms with van der Waals surface area (Å²) in [4.78, 5) is 20.7. The third-order valence-electron chi connectivity index (χ3n) is 5.18. The van der Waals surface area contributed by atoms with Crippen molar-refractivity contribution in [3.05, 3.63) is 73.1 Å². The Balaban J connectivity index is 1.48. The van der Waals surface area contributed by atoms with Crippen molar-refractivity contribution in [2.24, 2.45) is 5.41 Å². The summed E-state index contributed by atoms with van der Waals surface area (Å²) in [6.07, 6.45) is 3.30. The minimum atomic E-state index is -3.91. The quantitative estimate of drug-likeness (QED) is 0.335. The van der Waals surface area contributed by atoms with E-state index >= 15 is 0 Å². The van der Waals surface area contributed by atoms with Crippen LogP contribution in [-0.2, 0) is 14.8 Å². The molecule has 11 heteroatoms. The van der Waals surface area contributed by atoms with Gasteiger partial charge in [0.2, 0.25) is 5.91 Å². The maximum absolute atomic E-state index is 13.1. The first kappa shape index (κ1) is 24.0. The standard InChI is InChI=1S/C24H23FN6O3S/c1-24(2,15-25)23(32)27-18-4-3-5-19(14-18)31-35(33,34)20-8-6-16(7-9-20)21-28-22(30-29-21)17-10-12-26-13-11-17/h3-14,31H,15H2,1-2H3,(H,27,32)(H,28,29,30). The van der Waals surface area contributed by atoms with Crippen LogP contribution >= 0.6 is 0 Å². The third-order valence-corrected chi connectivity index (χ3v) is 6.58. The van der Waals surface area contributed by atoms with Crippen LogP contribution in [0.1, 0.15) is 13.8 Å². The lowest BCUT2D eigenvalue weighted by Gasteiger charge is -2.19. The molecule has 0 saturated carbocycles. The van der Waals surface area contributed by atoms with Crippen LogP contribution in [0.15, 0.2) is 78.0 Å². The number of amides is 1. The van der Waals surface area contributed by atoms with Gasteiger partial charge >= 0.3 is 0 Å². The molecule has 0 aliphatic carbocycles. The second-order valence-corrected chi connectivity index (χ2v) is 10.1. The summed E-state index contributed by atoms with van der Waals surface area (Å²) < 4.78 is 41.3. The topological polar surface area (TPSA) is 130 Å². The molecule has 0 saturated heterocycles. The number of nitrogens with zero attached hydrogens (tertiary/aromatic N) is 3. The molecule has 35 heavy (non-hydrogen) atoms. The fourth-order valence-electron chi connectivity index (χ4n) is 3.05. The Morgan fingerprint density at radius 3 is 2.37 bits per heavy atom. The summed E-state index contributed by atoms with van der Waals surface area (Å²) in [6.45, 7) is 2.15. The van der Waals surface area contributed by atoms with E-state index < -0.39 is 28.0 Å². The zero-order valence-corrected chi connectivity index (χ0v) is 19.8. The van der Waals surface area contributed by atoms with Gasteiger partial charge in [-0.05, 0) is 68.4 Å². The Bertz CT molecular complexity index is 1440. The highest BCUT2D eigenvalue weighted by Gasteiger charge is 2.27. The highest BCUT2D eigenvalue weighted by molar-refractivity contribution is 7.92. The predicted octanol–water partition coefficient (Wildman–Crippen LogP) is 4.27. The molecular formula is C24H23FN6O3S. The molecule has 0 bridgehead atoms. The number of aromatic amines is 1. The molecule has 0 fully saturated rings. The number of anilines is 2. The normalized spacial score (nSPS) is 11.7. The summed E-state index contributed by atoms with van der Waals surface area (Å²) in [5.74, 6) is 0.491. The van der Waals surface area contributed by atoms with E-state index in [-0.39, 0.29) is 10.6 Å². The number of hydrogen-bond donors (Lipinski definition) is 3. The van der Waals surface area contributed by atoms with Crippen molar-refractivity contribution < 1.29 is 17.6 Å². The third kappa shape index (κ3) is 5.52. The number of carbonyl (C=O) groups excluding carboxylic acids is 1. The monoisotopic (exact) mass is 494 g/mol. The van der Waals surface area contributed by atoms with E-state index in [0.717, 1.165) is 5.56 Å². The van der Waals surface area contributed by atoms with Gasteiger partial charge < -0.3 is 5.32 Å². The molecule has 0 spiro atoms. The number of nitrogens with one attached hydrogen (secondary N) is 3. The van der Waals surface area contributed by atoms with E-state index in [9.17, 15) is 17.6 Å². The molecule has 0 unspecified atom stereocenters. The number of aromatic nitrogens is 4. The van der Waals surface area contributed by atoms with Crippen LogP contribution in [-0.4, -0.2) is 41.2 Å². The van der Waals surface area contributed by atoms with Crippen molar-refractivity contribution in [2.45, 2.75) is 18.7 Å². The summed E-state index contributed by atoms with van der Waals surface area (Å²) in [6, 6.07) is 15.9. The lowest BCUT2D eigenvalue weighted by Crippen LogP contribution is -2.32. The van der Waals surface area contributed by atoms with E-state index in [1.54, 1.807) is 54.9 Å². The van der Waals surface area contributed by atoms with Gasteiger partial charge in [0, 0.05) is 29.2 Å². The Hall–Kier alpha value is -4.12. The van der Waals surface area contributed by atoms with E-state index in [4.69, 9.17) is 0 Å². The Morgan fingerprint density at radius 1 is 1.00 bits per heavy atom. The molecule has 4 rings (SSSR count). The second-order valence-electron chi connectivity index (χ2n) is 8.43. The van der Waals surface area contributed by atoms with Gasteiger partial charge in [-0.3, -0.25) is 19.6 Å². The lowest BCUT2D eigenvalue weighted by atomic mass is 9.94. The average Bonchev–Trinajstić information content (AvgIpc) is 3.35. The molecule has 2 heterocycles. The molecule has 9 nitrogen and oxygen atoms in total. The van der Waals surface area contributed by atoms with Gasteiger partial charge in [0.05, 0.1) is 16.0 Å². The summed E-state index contributed by atoms with van der Waals surface area (Å²) >= 11 is 0. The largest absolute Gasteiger partial charge is 0.325 e. The Kier molecular flexibility index (Phi) is 6.61. The molecule has 0 radical (unpaired) electrons. The molecule has 0 aliphatic rings. The van der Waals surface area contributed by atoms with E-state index in [1.165, 1.54) is 32.0 Å². The molecule has 0 aliphatic heterocycles. The first-order valence-corrected chi connectivity index (χ1v) is 12.1. The van der Waals surface area contributed by atoms with Gasteiger partial charge in [0.15, 0.2) is 11.6 Å². The van der Waals surface area contributed by atoms with E-state index in [0.29, 0.717) is 22.9 Å². The molecule has 2 aromatic carbocycles. The molecule has 1 amide bonds. The number of pyridine rings is 1. The molecule has 4 aromatic rings. The summed E-state index contributed by atoms with van der Waals surface area (Å²) in [5, 5.41) is 9.66. The minimum absolute atomic E-state index is 0.0409. The van der Waals surface area contributed by atoms with Crippen molar-refractivity contribution in [1.29, 1.82) is 0 Å². The van der Waals surface area contributed by atoms with Gasteiger partial charge in [0.1, 0.15) is 6.67 Å². The van der Waals surface area contributed by atoms with Crippen molar-refractivity contribution in [3.8, 4) is 22.8 Å². The van der Waals surface area contributed by atoms with Crippen LogP contribution in [0.2, 0.25) is 0 Å². The molecule has 0 atom stereocenters. The van der Waals surface area contributed by atoms with Crippen LogP contribution < -0.4 is 10.0 Å². The maximum atomic E-state index is 13.1. The van der Waals surface area contributed by atoms with Gasteiger partial charge in [-0.25, -0.2) is 17.8 Å². The summed E-state index contributed by atoms with van der Waals surface area (Å²) in [7, 11) is -3.91. The number of rotatable bonds is 8. The molecule has 3 N–H and O–H groups in total. The number of benzene rings is 2. The zero-order valence-electron chi connectivity index (χ0n) is 19.0. The SMILES string of the molecule is CC(C)(CF)C(=O)Nc1cccc(NS(=O)(=O)c2ccc(-c3n[nH]c(-c4ccncc4)n3)cc2)c1. The zero-order chi connectivity index (χ0) is 25.1. The van der Waals surface area contributed by atoms with Crippen molar-refractivity contribution in [3.63, 3.8) is 0 Å². The first-order chi connectivity index (χ1) is 16.7. The van der Waals surface area contributed by atoms with Crippen LogP contribution in [0.5, 0.6) is 0 Å². The molecule has 2 aromatic heterocycles.